The Morgan fingerprint density at radius 2 is 1.47 bits per heavy atom. The van der Waals surface area contributed by atoms with Crippen LogP contribution in [0.1, 0.15) is 18.4 Å². The van der Waals surface area contributed by atoms with Crippen LogP contribution in [0.2, 0.25) is 0 Å². The Hall–Kier alpha value is -1.94. The first kappa shape index (κ1) is 21.3. The van der Waals surface area contributed by atoms with Crippen LogP contribution in [-0.4, -0.2) is 64.5 Å². The molecule has 162 valence electrons. The Balaban J connectivity index is 1.41. The van der Waals surface area contributed by atoms with Crippen molar-refractivity contribution in [3.63, 3.8) is 0 Å². The number of anilines is 1. The molecule has 2 aromatic carbocycles. The second-order valence-corrected chi connectivity index (χ2v) is 11.7. The Morgan fingerprint density at radius 1 is 0.800 bits per heavy atom. The van der Waals surface area contributed by atoms with E-state index in [1.54, 1.807) is 12.1 Å². The van der Waals surface area contributed by atoms with Gasteiger partial charge < -0.3 is 0 Å². The van der Waals surface area contributed by atoms with E-state index in [2.05, 4.69) is 17.0 Å². The number of piperazine rings is 1. The van der Waals surface area contributed by atoms with Crippen LogP contribution < -0.4 is 4.31 Å². The smallest absolute Gasteiger partial charge is 0.243 e. The molecule has 0 bridgehead atoms. The molecule has 2 fully saturated rings. The maximum Gasteiger partial charge on any atom is 0.243 e. The molecule has 0 unspecified atom stereocenters. The molecule has 0 N–H and O–H groups in total. The maximum absolute atomic E-state index is 13.0. The highest BCUT2D eigenvalue weighted by Gasteiger charge is 2.30. The average molecular weight is 450 g/mol. The van der Waals surface area contributed by atoms with Crippen molar-refractivity contribution in [2.45, 2.75) is 24.3 Å². The highest BCUT2D eigenvalue weighted by atomic mass is 32.2. The number of nitrogens with zero attached hydrogens (tertiary/aromatic N) is 3. The Morgan fingerprint density at radius 3 is 2.10 bits per heavy atom. The lowest BCUT2D eigenvalue weighted by atomic mass is 10.2. The van der Waals surface area contributed by atoms with E-state index in [1.807, 2.05) is 18.2 Å². The summed E-state index contributed by atoms with van der Waals surface area (Å²) in [6.45, 7) is 3.50. The molecule has 9 heteroatoms. The van der Waals surface area contributed by atoms with E-state index in [4.69, 9.17) is 0 Å². The van der Waals surface area contributed by atoms with Gasteiger partial charge in [0.1, 0.15) is 0 Å². The molecule has 0 spiro atoms. The minimum Gasteiger partial charge on any atom is -0.296 e. The summed E-state index contributed by atoms with van der Waals surface area (Å²) in [5, 5.41) is 0. The van der Waals surface area contributed by atoms with Crippen LogP contribution >= 0.6 is 0 Å². The van der Waals surface area contributed by atoms with E-state index in [1.165, 1.54) is 26.3 Å². The predicted molar refractivity (Wildman–Crippen MR) is 117 cm³/mol. The van der Waals surface area contributed by atoms with Gasteiger partial charge in [0, 0.05) is 39.3 Å². The van der Waals surface area contributed by atoms with Gasteiger partial charge in [-0.2, -0.15) is 4.31 Å². The molecule has 0 atom stereocenters. The zero-order valence-electron chi connectivity index (χ0n) is 16.9. The van der Waals surface area contributed by atoms with Crippen molar-refractivity contribution in [2.24, 2.45) is 0 Å². The summed E-state index contributed by atoms with van der Waals surface area (Å²) in [6.07, 6.45) is 1.48. The Labute approximate surface area is 179 Å². The van der Waals surface area contributed by atoms with Crippen LogP contribution in [0.25, 0.3) is 0 Å². The first-order valence-electron chi connectivity index (χ1n) is 10.2. The van der Waals surface area contributed by atoms with Gasteiger partial charge in [0.05, 0.1) is 16.3 Å². The second-order valence-electron chi connectivity index (χ2n) is 7.75. The summed E-state index contributed by atoms with van der Waals surface area (Å²) in [7, 11) is -6.91. The number of benzene rings is 2. The molecule has 7 nitrogen and oxygen atoms in total. The molecule has 30 heavy (non-hydrogen) atoms. The highest BCUT2D eigenvalue weighted by molar-refractivity contribution is 7.92. The third-order valence-electron chi connectivity index (χ3n) is 5.69. The van der Waals surface area contributed by atoms with Crippen LogP contribution in [0.4, 0.5) is 5.69 Å². The van der Waals surface area contributed by atoms with Crippen LogP contribution in [0, 0.1) is 0 Å². The van der Waals surface area contributed by atoms with E-state index >= 15 is 0 Å². The highest BCUT2D eigenvalue weighted by Crippen LogP contribution is 2.26. The van der Waals surface area contributed by atoms with Crippen LogP contribution in [-0.2, 0) is 26.6 Å². The molecule has 2 aliphatic rings. The fourth-order valence-electron chi connectivity index (χ4n) is 3.98. The van der Waals surface area contributed by atoms with Crippen LogP contribution in [0.15, 0.2) is 59.5 Å². The topological polar surface area (TPSA) is 78.0 Å². The predicted octanol–water partition coefficient (Wildman–Crippen LogP) is 2.12. The third kappa shape index (κ3) is 4.54. The number of rotatable bonds is 5. The Bertz CT molecular complexity index is 1060. The van der Waals surface area contributed by atoms with E-state index in [-0.39, 0.29) is 10.6 Å². The lowest BCUT2D eigenvalue weighted by Gasteiger charge is -2.34. The molecule has 0 amide bonds. The summed E-state index contributed by atoms with van der Waals surface area (Å²) in [5.74, 6) is 0.139. The minimum absolute atomic E-state index is 0.139. The van der Waals surface area contributed by atoms with Crippen molar-refractivity contribution in [3.8, 4) is 0 Å². The number of hydrogen-bond donors (Lipinski definition) is 0. The van der Waals surface area contributed by atoms with Gasteiger partial charge in [-0.15, -0.1) is 0 Å². The van der Waals surface area contributed by atoms with Crippen molar-refractivity contribution in [1.29, 1.82) is 0 Å². The minimum atomic E-state index is -3.60. The van der Waals surface area contributed by atoms with Gasteiger partial charge in [-0.1, -0.05) is 30.3 Å². The largest absolute Gasteiger partial charge is 0.296 e. The van der Waals surface area contributed by atoms with Crippen molar-refractivity contribution in [2.75, 3.05) is 42.8 Å². The first-order chi connectivity index (χ1) is 14.4. The molecule has 0 aliphatic carbocycles. The quantitative estimate of drug-likeness (QED) is 0.699. The van der Waals surface area contributed by atoms with Gasteiger partial charge >= 0.3 is 0 Å². The SMILES string of the molecule is O=S1(=O)CCCCN1c1ccc(S(=O)(=O)N2CCN(Cc3ccccc3)CC2)cc1. The molecule has 0 aromatic heterocycles. The average Bonchev–Trinajstić information content (AvgIpc) is 2.75. The van der Waals surface area contributed by atoms with Crippen molar-refractivity contribution >= 4 is 25.7 Å². The van der Waals surface area contributed by atoms with Crippen molar-refractivity contribution in [3.05, 3.63) is 60.2 Å². The fourth-order valence-corrected chi connectivity index (χ4v) is 7.04. The molecular formula is C21H27N3O4S2. The molecular weight excluding hydrogens is 422 g/mol. The summed E-state index contributed by atoms with van der Waals surface area (Å²) in [4.78, 5) is 2.46. The zero-order valence-corrected chi connectivity index (χ0v) is 18.5. The molecule has 0 radical (unpaired) electrons. The van der Waals surface area contributed by atoms with Gasteiger partial charge in [-0.25, -0.2) is 16.8 Å². The van der Waals surface area contributed by atoms with Crippen molar-refractivity contribution < 1.29 is 16.8 Å². The summed E-state index contributed by atoms with van der Waals surface area (Å²) in [6, 6.07) is 16.4. The van der Waals surface area contributed by atoms with E-state index in [9.17, 15) is 16.8 Å². The second kappa shape index (κ2) is 8.66. The fraction of sp³-hybridized carbons (Fsp3) is 0.429. The third-order valence-corrected chi connectivity index (χ3v) is 9.47. The van der Waals surface area contributed by atoms with E-state index in [0.717, 1.165) is 13.0 Å². The zero-order chi connectivity index (χ0) is 21.2. The van der Waals surface area contributed by atoms with Crippen LogP contribution in [0.5, 0.6) is 0 Å². The van der Waals surface area contributed by atoms with E-state index < -0.39 is 20.0 Å². The van der Waals surface area contributed by atoms with Gasteiger partial charge in [-0.3, -0.25) is 9.21 Å². The first-order valence-corrected chi connectivity index (χ1v) is 13.3. The molecule has 2 saturated heterocycles. The monoisotopic (exact) mass is 449 g/mol. The lowest BCUT2D eigenvalue weighted by Crippen LogP contribution is -2.48. The lowest BCUT2D eigenvalue weighted by molar-refractivity contribution is 0.181. The van der Waals surface area contributed by atoms with Gasteiger partial charge in [0.25, 0.3) is 0 Å². The van der Waals surface area contributed by atoms with Gasteiger partial charge in [-0.05, 0) is 42.7 Å². The maximum atomic E-state index is 13.0. The standard InChI is InChI=1S/C21H27N3O4S2/c25-29(26)17-5-4-12-24(29)20-8-10-21(11-9-20)30(27,28)23-15-13-22(14-16-23)18-19-6-2-1-3-7-19/h1-3,6-11H,4-5,12-18H2. The molecule has 4 rings (SSSR count). The van der Waals surface area contributed by atoms with Gasteiger partial charge in [0.15, 0.2) is 0 Å². The van der Waals surface area contributed by atoms with Crippen molar-refractivity contribution in [1.82, 2.24) is 9.21 Å². The van der Waals surface area contributed by atoms with Gasteiger partial charge in [0.2, 0.25) is 20.0 Å². The molecule has 2 aliphatic heterocycles. The molecule has 2 aromatic rings. The Kier molecular flexibility index (Phi) is 6.15. The summed E-state index contributed by atoms with van der Waals surface area (Å²) in [5.41, 5.74) is 1.75. The van der Waals surface area contributed by atoms with Crippen LogP contribution in [0.3, 0.4) is 0 Å². The van der Waals surface area contributed by atoms with E-state index in [0.29, 0.717) is 44.8 Å². The number of hydrogen-bond acceptors (Lipinski definition) is 5. The number of sulfonamides is 2. The normalized spacial score (nSPS) is 20.9. The molecule has 0 saturated carbocycles. The summed E-state index contributed by atoms with van der Waals surface area (Å²) < 4.78 is 53.5. The summed E-state index contributed by atoms with van der Waals surface area (Å²) >= 11 is 0. The molecule has 2 heterocycles.